The van der Waals surface area contributed by atoms with Gasteiger partial charge >= 0.3 is 0 Å². The summed E-state index contributed by atoms with van der Waals surface area (Å²) in [7, 11) is 0. The zero-order valence-electron chi connectivity index (χ0n) is 11.8. The molecule has 0 bridgehead atoms. The summed E-state index contributed by atoms with van der Waals surface area (Å²) in [5, 5.41) is 9.24. The number of nitrogens with one attached hydrogen (secondary N) is 1. The molecule has 0 unspecified atom stereocenters. The van der Waals surface area contributed by atoms with Crippen molar-refractivity contribution in [3.8, 4) is 10.6 Å². The van der Waals surface area contributed by atoms with Crippen molar-refractivity contribution < 1.29 is 9.53 Å². The molecule has 6 nitrogen and oxygen atoms in total. The van der Waals surface area contributed by atoms with E-state index in [1.807, 2.05) is 17.6 Å². The molecule has 0 radical (unpaired) electrons. The second-order valence-electron chi connectivity index (χ2n) is 5.40. The Morgan fingerprint density at radius 3 is 3.24 bits per heavy atom. The van der Waals surface area contributed by atoms with E-state index in [4.69, 9.17) is 10.5 Å². The molecule has 1 aliphatic rings. The summed E-state index contributed by atoms with van der Waals surface area (Å²) >= 11 is 1.67. The number of morpholine rings is 1. The molecule has 1 saturated heterocycles. The standard InChI is InChI=1S/C14H18N4O2S/c1-14(13(15)19)9-18(4-5-20-14)8-10-7-16-17-12(10)11-3-2-6-21-11/h2-3,6-7H,4-5,8-9H2,1H3,(H2,15,19)(H,16,17)/t14-/m1/s1. The van der Waals surface area contributed by atoms with Crippen LogP contribution in [0.25, 0.3) is 10.6 Å². The van der Waals surface area contributed by atoms with Gasteiger partial charge in [0.05, 0.1) is 23.4 Å². The molecule has 1 atom stereocenters. The monoisotopic (exact) mass is 306 g/mol. The maximum atomic E-state index is 11.5. The molecule has 1 fully saturated rings. The van der Waals surface area contributed by atoms with Crippen LogP contribution in [0.4, 0.5) is 0 Å². The normalized spacial score (nSPS) is 23.3. The maximum absolute atomic E-state index is 11.5. The number of hydrogen-bond donors (Lipinski definition) is 2. The lowest BCUT2D eigenvalue weighted by Crippen LogP contribution is -2.56. The van der Waals surface area contributed by atoms with E-state index in [1.165, 1.54) is 0 Å². The third-order valence-corrected chi connectivity index (χ3v) is 4.64. The van der Waals surface area contributed by atoms with Gasteiger partial charge in [0.15, 0.2) is 5.60 Å². The van der Waals surface area contributed by atoms with Crippen LogP contribution in [-0.4, -0.2) is 46.3 Å². The van der Waals surface area contributed by atoms with Gasteiger partial charge in [0.25, 0.3) is 5.91 Å². The Kier molecular flexibility index (Phi) is 3.79. The number of aromatic nitrogens is 2. The van der Waals surface area contributed by atoms with Gasteiger partial charge in [-0.1, -0.05) is 6.07 Å². The van der Waals surface area contributed by atoms with Crippen LogP contribution in [-0.2, 0) is 16.1 Å². The number of nitrogens with two attached hydrogens (primary N) is 1. The van der Waals surface area contributed by atoms with E-state index in [2.05, 4.69) is 21.2 Å². The van der Waals surface area contributed by atoms with E-state index in [1.54, 1.807) is 18.3 Å². The van der Waals surface area contributed by atoms with E-state index in [0.29, 0.717) is 13.2 Å². The molecule has 3 heterocycles. The second-order valence-corrected chi connectivity index (χ2v) is 6.35. The molecule has 2 aromatic rings. The third-order valence-electron chi connectivity index (χ3n) is 3.75. The summed E-state index contributed by atoms with van der Waals surface area (Å²) < 4.78 is 5.54. The van der Waals surface area contributed by atoms with Gasteiger partial charge in [-0.25, -0.2) is 0 Å². The van der Waals surface area contributed by atoms with Crippen molar-refractivity contribution in [2.24, 2.45) is 5.73 Å². The van der Waals surface area contributed by atoms with E-state index in [0.717, 1.165) is 29.2 Å². The van der Waals surface area contributed by atoms with Crippen LogP contribution < -0.4 is 5.73 Å². The lowest BCUT2D eigenvalue weighted by molar-refractivity contribution is -0.153. The number of ether oxygens (including phenoxy) is 1. The van der Waals surface area contributed by atoms with Crippen molar-refractivity contribution >= 4 is 17.2 Å². The van der Waals surface area contributed by atoms with Crippen molar-refractivity contribution in [2.75, 3.05) is 19.7 Å². The Bertz CT molecular complexity index is 625. The number of nitrogens with zero attached hydrogens (tertiary/aromatic N) is 2. The SMILES string of the molecule is C[C@]1(C(N)=O)CN(Cc2cn[nH]c2-c2cccs2)CCO1. The maximum Gasteiger partial charge on any atom is 0.250 e. The van der Waals surface area contributed by atoms with Crippen LogP contribution >= 0.6 is 11.3 Å². The Balaban J connectivity index is 1.76. The summed E-state index contributed by atoms with van der Waals surface area (Å²) in [6.07, 6.45) is 1.84. The van der Waals surface area contributed by atoms with Gasteiger partial charge in [-0.2, -0.15) is 5.10 Å². The lowest BCUT2D eigenvalue weighted by atomic mass is 10.0. The number of amides is 1. The summed E-state index contributed by atoms with van der Waals surface area (Å²) in [4.78, 5) is 14.9. The van der Waals surface area contributed by atoms with E-state index in [-0.39, 0.29) is 0 Å². The highest BCUT2D eigenvalue weighted by molar-refractivity contribution is 7.13. The molecule has 0 aliphatic carbocycles. The number of primary amides is 1. The molecular formula is C14H18N4O2S. The highest BCUT2D eigenvalue weighted by atomic mass is 32.1. The van der Waals surface area contributed by atoms with Gasteiger partial charge in [0.1, 0.15) is 0 Å². The molecule has 7 heteroatoms. The van der Waals surface area contributed by atoms with Crippen molar-refractivity contribution in [1.29, 1.82) is 0 Å². The minimum absolute atomic E-state index is 0.419. The van der Waals surface area contributed by atoms with Crippen LogP contribution in [0.2, 0.25) is 0 Å². The van der Waals surface area contributed by atoms with Crippen molar-refractivity contribution in [1.82, 2.24) is 15.1 Å². The summed E-state index contributed by atoms with van der Waals surface area (Å²) in [6.45, 7) is 4.24. The smallest absolute Gasteiger partial charge is 0.250 e. The van der Waals surface area contributed by atoms with E-state index < -0.39 is 11.5 Å². The minimum atomic E-state index is -0.912. The molecule has 2 aromatic heterocycles. The average molecular weight is 306 g/mol. The van der Waals surface area contributed by atoms with Crippen LogP contribution in [0.1, 0.15) is 12.5 Å². The molecule has 112 valence electrons. The molecule has 0 saturated carbocycles. The summed E-state index contributed by atoms with van der Waals surface area (Å²) in [5.41, 5.74) is 6.68. The largest absolute Gasteiger partial charge is 0.367 e. The van der Waals surface area contributed by atoms with Gasteiger partial charge in [-0.05, 0) is 18.4 Å². The fourth-order valence-electron chi connectivity index (χ4n) is 2.54. The van der Waals surface area contributed by atoms with Crippen LogP contribution in [0, 0.1) is 0 Å². The Morgan fingerprint density at radius 1 is 1.67 bits per heavy atom. The summed E-state index contributed by atoms with van der Waals surface area (Å²) in [6, 6.07) is 4.08. The molecule has 0 spiro atoms. The average Bonchev–Trinajstić information content (AvgIpc) is 3.08. The third kappa shape index (κ3) is 2.85. The number of H-pyrrole nitrogens is 1. The number of hydrogen-bond acceptors (Lipinski definition) is 5. The zero-order valence-corrected chi connectivity index (χ0v) is 12.7. The van der Waals surface area contributed by atoms with Crippen molar-refractivity contribution in [2.45, 2.75) is 19.1 Å². The van der Waals surface area contributed by atoms with Crippen molar-refractivity contribution in [3.63, 3.8) is 0 Å². The molecule has 3 N–H and O–H groups in total. The minimum Gasteiger partial charge on any atom is -0.367 e. The van der Waals surface area contributed by atoms with Gasteiger partial charge in [-0.3, -0.25) is 14.8 Å². The molecule has 3 rings (SSSR count). The number of rotatable bonds is 4. The first-order chi connectivity index (χ1) is 10.1. The Morgan fingerprint density at radius 2 is 2.52 bits per heavy atom. The number of aromatic amines is 1. The number of carbonyl (C=O) groups is 1. The lowest BCUT2D eigenvalue weighted by Gasteiger charge is -2.38. The fourth-order valence-corrected chi connectivity index (χ4v) is 3.30. The first-order valence-electron chi connectivity index (χ1n) is 6.81. The van der Waals surface area contributed by atoms with E-state index in [9.17, 15) is 4.79 Å². The molecular weight excluding hydrogens is 288 g/mol. The van der Waals surface area contributed by atoms with Crippen LogP contribution in [0.3, 0.4) is 0 Å². The number of thiophene rings is 1. The first kappa shape index (κ1) is 14.2. The van der Waals surface area contributed by atoms with Gasteiger partial charge in [0, 0.05) is 25.2 Å². The predicted octanol–water partition coefficient (Wildman–Crippen LogP) is 1.21. The second kappa shape index (κ2) is 5.59. The predicted molar refractivity (Wildman–Crippen MR) is 80.7 cm³/mol. The Labute approximate surface area is 126 Å². The van der Waals surface area contributed by atoms with Gasteiger partial charge < -0.3 is 10.5 Å². The highest BCUT2D eigenvalue weighted by Gasteiger charge is 2.37. The quantitative estimate of drug-likeness (QED) is 0.889. The van der Waals surface area contributed by atoms with E-state index >= 15 is 0 Å². The van der Waals surface area contributed by atoms with Crippen molar-refractivity contribution in [3.05, 3.63) is 29.3 Å². The molecule has 1 aliphatic heterocycles. The van der Waals surface area contributed by atoms with Gasteiger partial charge in [-0.15, -0.1) is 11.3 Å². The molecule has 21 heavy (non-hydrogen) atoms. The molecule has 0 aromatic carbocycles. The number of carbonyl (C=O) groups excluding carboxylic acids is 1. The van der Waals surface area contributed by atoms with Crippen LogP contribution in [0.15, 0.2) is 23.7 Å². The topological polar surface area (TPSA) is 84.2 Å². The zero-order chi connectivity index (χ0) is 14.9. The van der Waals surface area contributed by atoms with Crippen LogP contribution in [0.5, 0.6) is 0 Å². The highest BCUT2D eigenvalue weighted by Crippen LogP contribution is 2.27. The summed E-state index contributed by atoms with van der Waals surface area (Å²) in [5.74, 6) is -0.419. The fraction of sp³-hybridized carbons (Fsp3) is 0.429. The molecule has 1 amide bonds. The van der Waals surface area contributed by atoms with Gasteiger partial charge in [0.2, 0.25) is 0 Å². The Hall–Kier alpha value is -1.70. The first-order valence-corrected chi connectivity index (χ1v) is 7.69.